The molecule has 27 heavy (non-hydrogen) atoms. The van der Waals surface area contributed by atoms with Crippen LogP contribution in [0.4, 0.5) is 10.5 Å². The number of benzene rings is 1. The molecule has 3 rings (SSSR count). The zero-order chi connectivity index (χ0) is 19.6. The van der Waals surface area contributed by atoms with E-state index in [2.05, 4.69) is 5.32 Å². The normalized spacial score (nSPS) is 22.7. The number of carbonyl (C=O) groups is 4. The van der Waals surface area contributed by atoms with Gasteiger partial charge in [-0.05, 0) is 43.0 Å². The molecule has 2 atom stereocenters. The molecule has 0 spiro atoms. The Balaban J connectivity index is 1.68. The number of amides is 5. The molecule has 1 aromatic rings. The van der Waals surface area contributed by atoms with Crippen LogP contribution in [0.25, 0.3) is 0 Å². The molecule has 1 saturated heterocycles. The summed E-state index contributed by atoms with van der Waals surface area (Å²) in [5, 5.41) is 11.3. The second-order valence-corrected chi connectivity index (χ2v) is 6.92. The van der Waals surface area contributed by atoms with Crippen LogP contribution in [0.2, 0.25) is 0 Å². The van der Waals surface area contributed by atoms with E-state index in [-0.39, 0.29) is 12.0 Å². The minimum Gasteiger partial charge on any atom is -0.325 e. The first-order valence-corrected chi connectivity index (χ1v) is 8.91. The Morgan fingerprint density at radius 1 is 1.15 bits per heavy atom. The maximum atomic E-state index is 12.6. The van der Waals surface area contributed by atoms with E-state index in [1.165, 1.54) is 12.1 Å². The predicted octanol–water partition coefficient (Wildman–Crippen LogP) is 1.87. The van der Waals surface area contributed by atoms with Gasteiger partial charge in [0.25, 0.3) is 0 Å². The molecule has 2 fully saturated rings. The first-order valence-electron chi connectivity index (χ1n) is 8.91. The molecular weight excluding hydrogens is 348 g/mol. The minimum absolute atomic E-state index is 0.131. The summed E-state index contributed by atoms with van der Waals surface area (Å²) < 4.78 is 0. The predicted molar refractivity (Wildman–Crippen MR) is 95.2 cm³/mol. The van der Waals surface area contributed by atoms with Crippen LogP contribution in [-0.4, -0.2) is 46.1 Å². The number of hydrogen-bond acceptors (Lipinski definition) is 5. The van der Waals surface area contributed by atoms with Crippen molar-refractivity contribution in [2.75, 3.05) is 11.9 Å². The van der Waals surface area contributed by atoms with Gasteiger partial charge in [0.2, 0.25) is 5.91 Å². The van der Waals surface area contributed by atoms with Crippen LogP contribution in [0.3, 0.4) is 0 Å². The monoisotopic (exact) mass is 368 g/mol. The smallest absolute Gasteiger partial charge is 0.325 e. The Morgan fingerprint density at radius 2 is 1.81 bits per heavy atom. The third-order valence-corrected chi connectivity index (χ3v) is 5.08. The van der Waals surface area contributed by atoms with E-state index in [1.54, 1.807) is 12.1 Å². The van der Waals surface area contributed by atoms with E-state index in [9.17, 15) is 19.2 Å². The highest BCUT2D eigenvalue weighted by Gasteiger charge is 2.49. The molecule has 1 heterocycles. The van der Waals surface area contributed by atoms with Crippen molar-refractivity contribution in [2.24, 2.45) is 5.92 Å². The Kier molecular flexibility index (Phi) is 5.21. The summed E-state index contributed by atoms with van der Waals surface area (Å²) in [5.41, 5.74) is 0.878. The van der Waals surface area contributed by atoms with Gasteiger partial charge >= 0.3 is 17.8 Å². The van der Waals surface area contributed by atoms with Gasteiger partial charge in [-0.25, -0.2) is 9.69 Å². The van der Waals surface area contributed by atoms with E-state index in [1.807, 2.05) is 13.0 Å². The van der Waals surface area contributed by atoms with Gasteiger partial charge in [-0.1, -0.05) is 19.8 Å². The van der Waals surface area contributed by atoms with Crippen molar-refractivity contribution < 1.29 is 19.2 Å². The number of nitrogens with zero attached hydrogens (tertiary/aromatic N) is 3. The Hall–Kier alpha value is -3.21. The van der Waals surface area contributed by atoms with Crippen LogP contribution < -0.4 is 5.32 Å². The van der Waals surface area contributed by atoms with Crippen LogP contribution >= 0.6 is 0 Å². The average Bonchev–Trinajstić information content (AvgIpc) is 2.86. The van der Waals surface area contributed by atoms with E-state index in [0.717, 1.165) is 24.2 Å². The standard InChI is InChI=1S/C19H20N4O4/c1-12-4-2-3-5-15(12)23-18(26)17(25)22(19(23)27)11-16(24)21-14-8-6-13(10-20)7-9-14/h6-9,12,15H,2-5,11H2,1H3,(H,21,24)/t12-,15+/m0/s1. The summed E-state index contributed by atoms with van der Waals surface area (Å²) in [6, 6.07) is 7.12. The molecule has 1 aromatic carbocycles. The maximum Gasteiger partial charge on any atom is 0.334 e. The zero-order valence-corrected chi connectivity index (χ0v) is 15.0. The SMILES string of the molecule is C[C@H]1CCCC[C@H]1N1C(=O)C(=O)N(CC(=O)Nc2ccc(C#N)cc2)C1=O. The fourth-order valence-corrected chi connectivity index (χ4v) is 3.61. The van der Waals surface area contributed by atoms with Crippen LogP contribution in [0, 0.1) is 17.2 Å². The number of imide groups is 2. The van der Waals surface area contributed by atoms with Crippen molar-refractivity contribution in [3.05, 3.63) is 29.8 Å². The summed E-state index contributed by atoms with van der Waals surface area (Å²) in [6.07, 6.45) is 3.52. The lowest BCUT2D eigenvalue weighted by Gasteiger charge is -2.34. The van der Waals surface area contributed by atoms with Crippen molar-refractivity contribution in [3.8, 4) is 6.07 Å². The number of rotatable bonds is 4. The zero-order valence-electron chi connectivity index (χ0n) is 15.0. The summed E-state index contributed by atoms with van der Waals surface area (Å²) in [7, 11) is 0. The van der Waals surface area contributed by atoms with Gasteiger partial charge in [-0.2, -0.15) is 5.26 Å². The minimum atomic E-state index is -0.965. The van der Waals surface area contributed by atoms with Crippen LogP contribution in [-0.2, 0) is 14.4 Å². The number of anilines is 1. The van der Waals surface area contributed by atoms with E-state index in [4.69, 9.17) is 5.26 Å². The molecule has 8 nitrogen and oxygen atoms in total. The molecule has 2 aliphatic rings. The van der Waals surface area contributed by atoms with Gasteiger partial charge < -0.3 is 5.32 Å². The molecule has 1 N–H and O–H groups in total. The van der Waals surface area contributed by atoms with Crippen molar-refractivity contribution in [1.82, 2.24) is 9.80 Å². The van der Waals surface area contributed by atoms with E-state index in [0.29, 0.717) is 22.6 Å². The lowest BCUT2D eigenvalue weighted by Crippen LogP contribution is -2.46. The molecular formula is C19H20N4O4. The van der Waals surface area contributed by atoms with Crippen molar-refractivity contribution >= 4 is 29.4 Å². The van der Waals surface area contributed by atoms with Crippen LogP contribution in [0.5, 0.6) is 0 Å². The molecule has 1 saturated carbocycles. The molecule has 0 unspecified atom stereocenters. The molecule has 140 valence electrons. The first-order chi connectivity index (χ1) is 12.9. The number of nitrogens with one attached hydrogen (secondary N) is 1. The average molecular weight is 368 g/mol. The highest BCUT2D eigenvalue weighted by Crippen LogP contribution is 2.31. The lowest BCUT2D eigenvalue weighted by molar-refractivity contribution is -0.145. The highest BCUT2D eigenvalue weighted by molar-refractivity contribution is 6.45. The molecule has 5 amide bonds. The lowest BCUT2D eigenvalue weighted by atomic mass is 9.85. The van der Waals surface area contributed by atoms with E-state index < -0.39 is 30.3 Å². The topological polar surface area (TPSA) is 111 Å². The molecule has 1 aliphatic heterocycles. The Labute approximate surface area is 156 Å². The molecule has 8 heteroatoms. The van der Waals surface area contributed by atoms with Gasteiger partial charge in [-0.15, -0.1) is 0 Å². The van der Waals surface area contributed by atoms with Gasteiger partial charge in [0, 0.05) is 11.7 Å². The Morgan fingerprint density at radius 3 is 2.44 bits per heavy atom. The molecule has 1 aliphatic carbocycles. The van der Waals surface area contributed by atoms with Gasteiger partial charge in [0.05, 0.1) is 11.6 Å². The van der Waals surface area contributed by atoms with Gasteiger partial charge in [0.1, 0.15) is 6.54 Å². The van der Waals surface area contributed by atoms with E-state index >= 15 is 0 Å². The summed E-state index contributed by atoms with van der Waals surface area (Å²) >= 11 is 0. The fourth-order valence-electron chi connectivity index (χ4n) is 3.61. The van der Waals surface area contributed by atoms with Crippen molar-refractivity contribution in [2.45, 2.75) is 38.6 Å². The van der Waals surface area contributed by atoms with Crippen LogP contribution in [0.15, 0.2) is 24.3 Å². The summed E-state index contributed by atoms with van der Waals surface area (Å²) in [5.74, 6) is -2.28. The first kappa shape index (κ1) is 18.6. The molecule has 0 aromatic heterocycles. The quantitative estimate of drug-likeness (QED) is 0.644. The van der Waals surface area contributed by atoms with Crippen molar-refractivity contribution in [1.29, 1.82) is 5.26 Å². The third-order valence-electron chi connectivity index (χ3n) is 5.08. The van der Waals surface area contributed by atoms with Gasteiger partial charge in [-0.3, -0.25) is 19.3 Å². The number of carbonyl (C=O) groups excluding carboxylic acids is 4. The summed E-state index contributed by atoms with van der Waals surface area (Å²) in [4.78, 5) is 51.2. The fraction of sp³-hybridized carbons (Fsp3) is 0.421. The number of nitriles is 1. The molecule has 0 bridgehead atoms. The number of urea groups is 1. The summed E-state index contributed by atoms with van der Waals surface area (Å²) in [6.45, 7) is 1.44. The largest absolute Gasteiger partial charge is 0.334 e. The number of hydrogen-bond donors (Lipinski definition) is 1. The van der Waals surface area contributed by atoms with Crippen LogP contribution in [0.1, 0.15) is 38.2 Å². The second kappa shape index (κ2) is 7.58. The van der Waals surface area contributed by atoms with Gasteiger partial charge in [0.15, 0.2) is 0 Å². The molecule has 0 radical (unpaired) electrons. The second-order valence-electron chi connectivity index (χ2n) is 6.92. The Bertz CT molecular complexity index is 827. The maximum absolute atomic E-state index is 12.6. The third kappa shape index (κ3) is 3.67. The van der Waals surface area contributed by atoms with Crippen molar-refractivity contribution in [3.63, 3.8) is 0 Å². The highest BCUT2D eigenvalue weighted by atomic mass is 16.2.